The Morgan fingerprint density at radius 2 is 1.77 bits per heavy atom. The van der Waals surface area contributed by atoms with Crippen LogP contribution in [0, 0.1) is 19.8 Å². The van der Waals surface area contributed by atoms with Crippen LogP contribution >= 0.6 is 11.5 Å². The van der Waals surface area contributed by atoms with Gasteiger partial charge in [0.15, 0.2) is 0 Å². The summed E-state index contributed by atoms with van der Waals surface area (Å²) in [5.74, 6) is 1.37. The number of piperidine rings is 1. The lowest BCUT2D eigenvalue weighted by atomic mass is 9.97. The fourth-order valence-electron chi connectivity index (χ4n) is 3.96. The molecule has 3 aromatic rings. The number of rotatable bonds is 6. The van der Waals surface area contributed by atoms with E-state index in [1.807, 2.05) is 50.2 Å². The number of aryl methyl sites for hydroxylation is 2. The first-order valence-corrected chi connectivity index (χ1v) is 11.6. The summed E-state index contributed by atoms with van der Waals surface area (Å²) in [4.78, 5) is 19.4. The normalized spacial score (nSPS) is 14.5. The Kier molecular flexibility index (Phi) is 6.82. The van der Waals surface area contributed by atoms with Crippen LogP contribution in [-0.4, -0.2) is 35.0 Å². The molecule has 162 valence electrons. The fourth-order valence-corrected chi connectivity index (χ4v) is 4.69. The molecule has 1 saturated heterocycles. The van der Waals surface area contributed by atoms with E-state index in [0.717, 1.165) is 60.1 Å². The Balaban J connectivity index is 1.22. The molecule has 1 fully saturated rings. The average Bonchev–Trinajstić information content (AvgIpc) is 3.24. The second-order valence-electron chi connectivity index (χ2n) is 8.19. The first-order valence-electron chi connectivity index (χ1n) is 10.8. The molecular weight excluding hydrogens is 406 g/mol. The lowest BCUT2D eigenvalue weighted by Gasteiger charge is -2.31. The summed E-state index contributed by atoms with van der Waals surface area (Å²) in [6, 6.07) is 16.2. The van der Waals surface area contributed by atoms with Crippen LogP contribution in [-0.2, 0) is 6.42 Å². The molecule has 1 aromatic heterocycles. The van der Waals surface area contributed by atoms with E-state index in [9.17, 15) is 4.79 Å². The Labute approximate surface area is 187 Å². The van der Waals surface area contributed by atoms with Crippen LogP contribution < -0.4 is 15.5 Å². The number of nitrogens with one attached hydrogen (secondary N) is 2. The summed E-state index contributed by atoms with van der Waals surface area (Å²) in [6.45, 7) is 6.61. The van der Waals surface area contributed by atoms with Crippen molar-refractivity contribution >= 4 is 28.4 Å². The van der Waals surface area contributed by atoms with Crippen molar-refractivity contribution in [3.8, 4) is 0 Å². The highest BCUT2D eigenvalue weighted by molar-refractivity contribution is 7.09. The van der Waals surface area contributed by atoms with E-state index < -0.39 is 0 Å². The van der Waals surface area contributed by atoms with Gasteiger partial charge in [-0.2, -0.15) is 4.37 Å². The van der Waals surface area contributed by atoms with Gasteiger partial charge in [0.2, 0.25) is 5.13 Å². The standard InChI is InChI=1S/C24H29N5OS/c1-17-7-6-8-18(2)22(17)27-23(30)25-16-20-11-13-29(14-12-20)24-26-21(28-31-24)15-19-9-4-3-5-10-19/h3-10,20H,11-16H2,1-2H3,(H2,25,27,30). The first-order chi connectivity index (χ1) is 15.1. The molecule has 2 N–H and O–H groups in total. The van der Waals surface area contributed by atoms with Crippen LogP contribution in [0.3, 0.4) is 0 Å². The van der Waals surface area contributed by atoms with Gasteiger partial charge < -0.3 is 15.5 Å². The second kappa shape index (κ2) is 9.92. The van der Waals surface area contributed by atoms with E-state index >= 15 is 0 Å². The van der Waals surface area contributed by atoms with Crippen LogP contribution in [0.15, 0.2) is 48.5 Å². The highest BCUT2D eigenvalue weighted by Gasteiger charge is 2.22. The summed E-state index contributed by atoms with van der Waals surface area (Å²) in [5, 5.41) is 7.05. The third-order valence-electron chi connectivity index (χ3n) is 5.82. The molecule has 7 heteroatoms. The Morgan fingerprint density at radius 1 is 1.06 bits per heavy atom. The Hall–Kier alpha value is -2.93. The molecule has 0 radical (unpaired) electrons. The SMILES string of the molecule is Cc1cccc(C)c1NC(=O)NCC1CCN(c2nc(Cc3ccccc3)ns2)CC1. The predicted molar refractivity (Wildman–Crippen MR) is 127 cm³/mol. The molecule has 1 aliphatic heterocycles. The maximum Gasteiger partial charge on any atom is 0.319 e. The number of benzene rings is 2. The van der Waals surface area contributed by atoms with Crippen LogP contribution in [0.2, 0.25) is 0 Å². The Morgan fingerprint density at radius 3 is 2.48 bits per heavy atom. The lowest BCUT2D eigenvalue weighted by molar-refractivity contribution is 0.248. The number of hydrogen-bond acceptors (Lipinski definition) is 5. The van der Waals surface area contributed by atoms with Crippen LogP contribution in [0.25, 0.3) is 0 Å². The number of carbonyl (C=O) groups excluding carboxylic acids is 1. The number of urea groups is 1. The van der Waals surface area contributed by atoms with Gasteiger partial charge in [0, 0.05) is 43.3 Å². The fraction of sp³-hybridized carbons (Fsp3) is 0.375. The van der Waals surface area contributed by atoms with Crippen molar-refractivity contribution < 1.29 is 4.79 Å². The highest BCUT2D eigenvalue weighted by Crippen LogP contribution is 2.25. The minimum absolute atomic E-state index is 0.130. The molecule has 4 rings (SSSR count). The molecule has 31 heavy (non-hydrogen) atoms. The van der Waals surface area contributed by atoms with Crippen molar-refractivity contribution in [3.05, 3.63) is 71.0 Å². The maximum absolute atomic E-state index is 12.3. The van der Waals surface area contributed by atoms with Gasteiger partial charge in [0.1, 0.15) is 5.82 Å². The zero-order valence-electron chi connectivity index (χ0n) is 18.1. The molecule has 0 aliphatic carbocycles. The van der Waals surface area contributed by atoms with E-state index in [1.165, 1.54) is 17.1 Å². The van der Waals surface area contributed by atoms with Crippen molar-refractivity contribution in [2.45, 2.75) is 33.1 Å². The molecule has 0 unspecified atom stereocenters. The van der Waals surface area contributed by atoms with E-state index in [-0.39, 0.29) is 6.03 Å². The summed E-state index contributed by atoms with van der Waals surface area (Å²) >= 11 is 1.48. The average molecular weight is 436 g/mol. The van der Waals surface area contributed by atoms with Crippen molar-refractivity contribution in [2.24, 2.45) is 5.92 Å². The smallest absolute Gasteiger partial charge is 0.319 e. The summed E-state index contributed by atoms with van der Waals surface area (Å²) in [7, 11) is 0. The quantitative estimate of drug-likeness (QED) is 0.584. The van der Waals surface area contributed by atoms with E-state index in [4.69, 9.17) is 4.98 Å². The maximum atomic E-state index is 12.3. The van der Waals surface area contributed by atoms with Crippen molar-refractivity contribution in [3.63, 3.8) is 0 Å². The highest BCUT2D eigenvalue weighted by atomic mass is 32.1. The van der Waals surface area contributed by atoms with Crippen LogP contribution in [0.1, 0.15) is 35.4 Å². The van der Waals surface area contributed by atoms with Gasteiger partial charge in [0.25, 0.3) is 0 Å². The monoisotopic (exact) mass is 435 g/mol. The number of para-hydroxylation sites is 1. The van der Waals surface area contributed by atoms with Gasteiger partial charge in [-0.05, 0) is 49.3 Å². The molecule has 1 aliphatic rings. The van der Waals surface area contributed by atoms with Crippen molar-refractivity contribution in [1.29, 1.82) is 0 Å². The Bertz CT molecular complexity index is 992. The number of hydrogen-bond donors (Lipinski definition) is 2. The summed E-state index contributed by atoms with van der Waals surface area (Å²) in [6.07, 6.45) is 2.85. The van der Waals surface area contributed by atoms with Crippen LogP contribution in [0.4, 0.5) is 15.6 Å². The molecule has 6 nitrogen and oxygen atoms in total. The van der Waals surface area contributed by atoms with Crippen LogP contribution in [0.5, 0.6) is 0 Å². The third-order valence-corrected chi connectivity index (χ3v) is 6.63. The molecule has 0 atom stereocenters. The molecule has 0 spiro atoms. The largest absolute Gasteiger partial charge is 0.347 e. The minimum atomic E-state index is -0.130. The van der Waals surface area contributed by atoms with Crippen molar-refractivity contribution in [1.82, 2.24) is 14.7 Å². The van der Waals surface area contributed by atoms with Gasteiger partial charge in [-0.25, -0.2) is 9.78 Å². The molecule has 2 amide bonds. The van der Waals surface area contributed by atoms with Gasteiger partial charge in [-0.3, -0.25) is 0 Å². The third kappa shape index (κ3) is 5.61. The second-order valence-corrected chi connectivity index (χ2v) is 8.92. The van der Waals surface area contributed by atoms with E-state index in [0.29, 0.717) is 12.5 Å². The number of carbonyl (C=O) groups is 1. The number of amides is 2. The lowest BCUT2D eigenvalue weighted by Crippen LogP contribution is -2.40. The molecule has 2 heterocycles. The molecular formula is C24H29N5OS. The molecule has 0 saturated carbocycles. The summed E-state index contributed by atoms with van der Waals surface area (Å²) in [5.41, 5.74) is 4.28. The van der Waals surface area contributed by atoms with Gasteiger partial charge >= 0.3 is 6.03 Å². The number of anilines is 2. The van der Waals surface area contributed by atoms with E-state index in [1.54, 1.807) is 0 Å². The van der Waals surface area contributed by atoms with Gasteiger partial charge in [-0.1, -0.05) is 48.5 Å². The molecule has 0 bridgehead atoms. The topological polar surface area (TPSA) is 70.2 Å². The predicted octanol–water partition coefficient (Wildman–Crippen LogP) is 4.78. The number of aromatic nitrogens is 2. The summed E-state index contributed by atoms with van der Waals surface area (Å²) < 4.78 is 4.54. The first kappa shape index (κ1) is 21.3. The van der Waals surface area contributed by atoms with Gasteiger partial charge in [0.05, 0.1) is 0 Å². The minimum Gasteiger partial charge on any atom is -0.347 e. The molecule has 2 aromatic carbocycles. The van der Waals surface area contributed by atoms with E-state index in [2.05, 4.69) is 32.0 Å². The van der Waals surface area contributed by atoms with Gasteiger partial charge in [-0.15, -0.1) is 0 Å². The number of nitrogens with zero attached hydrogens (tertiary/aromatic N) is 3. The van der Waals surface area contributed by atoms with Crippen molar-refractivity contribution in [2.75, 3.05) is 29.9 Å². The zero-order chi connectivity index (χ0) is 21.6. The zero-order valence-corrected chi connectivity index (χ0v) is 18.9.